The van der Waals surface area contributed by atoms with Gasteiger partial charge in [0.15, 0.2) is 6.10 Å². The quantitative estimate of drug-likeness (QED) is 0.596. The van der Waals surface area contributed by atoms with Crippen molar-refractivity contribution in [3.8, 4) is 5.75 Å². The Kier molecular flexibility index (Phi) is 5.20. The second-order valence-electron chi connectivity index (χ2n) is 5.59. The molecule has 0 aliphatic carbocycles. The molecule has 2 aromatic carbocycles. The van der Waals surface area contributed by atoms with Crippen molar-refractivity contribution in [3.05, 3.63) is 64.3 Å². The molecule has 0 saturated carbocycles. The van der Waals surface area contributed by atoms with Gasteiger partial charge in [0, 0.05) is 16.6 Å². The number of nitrogens with zero attached hydrogens (tertiary/aromatic N) is 1. The fourth-order valence-corrected chi connectivity index (χ4v) is 3.10. The molecule has 0 aliphatic heterocycles. The summed E-state index contributed by atoms with van der Waals surface area (Å²) in [5.41, 5.74) is 0.906. The molecule has 1 atom stereocenters. The Morgan fingerprint density at radius 3 is 2.54 bits per heavy atom. The standard InChI is InChI=1S/C19H15Cl2NO4/c1-11(26-17-8-7-12(20)9-15(17)21)18(23)22-10-14(19(24)25-2)13-5-3-4-6-16(13)22/h3-11H,1-2H3. The van der Waals surface area contributed by atoms with Gasteiger partial charge in [-0.05, 0) is 31.2 Å². The minimum atomic E-state index is -0.838. The topological polar surface area (TPSA) is 57.5 Å². The summed E-state index contributed by atoms with van der Waals surface area (Å²) >= 11 is 12.0. The maximum absolute atomic E-state index is 12.9. The molecule has 1 unspecified atom stereocenters. The third-order valence-electron chi connectivity index (χ3n) is 3.90. The van der Waals surface area contributed by atoms with Crippen LogP contribution in [0.5, 0.6) is 5.75 Å². The zero-order valence-corrected chi connectivity index (χ0v) is 15.5. The van der Waals surface area contributed by atoms with Crippen LogP contribution >= 0.6 is 23.2 Å². The summed E-state index contributed by atoms with van der Waals surface area (Å²) in [4.78, 5) is 24.9. The molecular formula is C19H15Cl2NO4. The van der Waals surface area contributed by atoms with E-state index in [0.717, 1.165) is 0 Å². The van der Waals surface area contributed by atoms with Gasteiger partial charge in [-0.3, -0.25) is 9.36 Å². The Morgan fingerprint density at radius 2 is 1.85 bits per heavy atom. The van der Waals surface area contributed by atoms with Crippen LogP contribution in [-0.4, -0.2) is 29.7 Å². The number of carbonyl (C=O) groups is 2. The molecule has 7 heteroatoms. The van der Waals surface area contributed by atoms with E-state index < -0.39 is 12.1 Å². The van der Waals surface area contributed by atoms with E-state index in [-0.39, 0.29) is 5.91 Å². The number of benzene rings is 2. The van der Waals surface area contributed by atoms with Crippen molar-refractivity contribution in [2.24, 2.45) is 0 Å². The summed E-state index contributed by atoms with van der Waals surface area (Å²) in [6, 6.07) is 11.8. The molecule has 0 radical (unpaired) electrons. The van der Waals surface area contributed by atoms with Gasteiger partial charge in [0.05, 0.1) is 23.2 Å². The van der Waals surface area contributed by atoms with Crippen LogP contribution in [0.15, 0.2) is 48.7 Å². The molecule has 0 amide bonds. The highest BCUT2D eigenvalue weighted by Crippen LogP contribution is 2.29. The molecule has 26 heavy (non-hydrogen) atoms. The molecule has 1 aromatic heterocycles. The summed E-state index contributed by atoms with van der Waals surface area (Å²) in [6.45, 7) is 1.61. The molecule has 5 nitrogen and oxygen atoms in total. The average molecular weight is 392 g/mol. The fraction of sp³-hybridized carbons (Fsp3) is 0.158. The number of aromatic nitrogens is 1. The molecule has 134 valence electrons. The highest BCUT2D eigenvalue weighted by atomic mass is 35.5. The largest absolute Gasteiger partial charge is 0.479 e. The monoisotopic (exact) mass is 391 g/mol. The van der Waals surface area contributed by atoms with E-state index in [1.54, 1.807) is 43.3 Å². The lowest BCUT2D eigenvalue weighted by Gasteiger charge is -2.15. The lowest BCUT2D eigenvalue weighted by molar-refractivity contribution is 0.0602. The van der Waals surface area contributed by atoms with Gasteiger partial charge in [-0.25, -0.2) is 4.79 Å². The summed E-state index contributed by atoms with van der Waals surface area (Å²) < 4.78 is 11.9. The van der Waals surface area contributed by atoms with Gasteiger partial charge in [-0.15, -0.1) is 0 Å². The molecule has 3 aromatic rings. The van der Waals surface area contributed by atoms with Crippen LogP contribution in [-0.2, 0) is 4.74 Å². The van der Waals surface area contributed by atoms with E-state index in [2.05, 4.69) is 0 Å². The second-order valence-corrected chi connectivity index (χ2v) is 6.44. The van der Waals surface area contributed by atoms with Crippen LogP contribution in [0.2, 0.25) is 10.0 Å². The van der Waals surface area contributed by atoms with Crippen LogP contribution in [0.4, 0.5) is 0 Å². The third kappa shape index (κ3) is 3.41. The number of para-hydroxylation sites is 1. The first kappa shape index (κ1) is 18.3. The first-order valence-electron chi connectivity index (χ1n) is 7.76. The lowest BCUT2D eigenvalue weighted by atomic mass is 10.2. The number of methoxy groups -OCH3 is 1. The van der Waals surface area contributed by atoms with E-state index in [9.17, 15) is 9.59 Å². The summed E-state index contributed by atoms with van der Waals surface area (Å²) in [6.07, 6.45) is 0.622. The molecule has 1 heterocycles. The predicted octanol–water partition coefficient (Wildman–Crippen LogP) is 4.84. The van der Waals surface area contributed by atoms with Crippen molar-refractivity contribution in [2.45, 2.75) is 13.0 Å². The summed E-state index contributed by atoms with van der Waals surface area (Å²) in [7, 11) is 1.30. The molecular weight excluding hydrogens is 377 g/mol. The summed E-state index contributed by atoms with van der Waals surface area (Å²) in [5, 5.41) is 1.41. The number of hydrogen-bond donors (Lipinski definition) is 0. The van der Waals surface area contributed by atoms with Crippen molar-refractivity contribution >= 4 is 46.0 Å². The number of ether oxygens (including phenoxy) is 2. The number of esters is 1. The number of halogens is 2. The van der Waals surface area contributed by atoms with E-state index in [4.69, 9.17) is 32.7 Å². The zero-order valence-electron chi connectivity index (χ0n) is 14.0. The number of hydrogen-bond acceptors (Lipinski definition) is 4. The van der Waals surface area contributed by atoms with Gasteiger partial charge in [0.2, 0.25) is 0 Å². The van der Waals surface area contributed by atoms with Crippen LogP contribution in [0.1, 0.15) is 22.1 Å². The molecule has 0 bridgehead atoms. The predicted molar refractivity (Wildman–Crippen MR) is 100 cm³/mol. The first-order valence-corrected chi connectivity index (χ1v) is 8.52. The van der Waals surface area contributed by atoms with E-state index in [0.29, 0.717) is 32.3 Å². The highest BCUT2D eigenvalue weighted by Gasteiger charge is 2.23. The maximum atomic E-state index is 12.9. The maximum Gasteiger partial charge on any atom is 0.340 e. The van der Waals surface area contributed by atoms with Crippen LogP contribution in [0.3, 0.4) is 0 Å². The van der Waals surface area contributed by atoms with Gasteiger partial charge in [0.25, 0.3) is 5.91 Å². The molecule has 0 N–H and O–H groups in total. The molecule has 0 spiro atoms. The zero-order chi connectivity index (χ0) is 18.8. The second kappa shape index (κ2) is 7.40. The van der Waals surface area contributed by atoms with Gasteiger partial charge < -0.3 is 9.47 Å². The summed E-state index contributed by atoms with van der Waals surface area (Å²) in [5.74, 6) is -0.508. The fourth-order valence-electron chi connectivity index (χ4n) is 2.64. The Labute approximate surface area is 160 Å². The molecule has 0 saturated heterocycles. The van der Waals surface area contributed by atoms with E-state index >= 15 is 0 Å². The van der Waals surface area contributed by atoms with Crippen molar-refractivity contribution in [3.63, 3.8) is 0 Å². The Hall–Kier alpha value is -2.50. The van der Waals surface area contributed by atoms with E-state index in [1.807, 2.05) is 0 Å². The number of rotatable bonds is 4. The van der Waals surface area contributed by atoms with Crippen LogP contribution in [0.25, 0.3) is 10.9 Å². The Morgan fingerprint density at radius 1 is 1.12 bits per heavy atom. The van der Waals surface area contributed by atoms with Crippen LogP contribution < -0.4 is 4.74 Å². The molecule has 0 fully saturated rings. The highest BCUT2D eigenvalue weighted by molar-refractivity contribution is 6.35. The minimum absolute atomic E-state index is 0.310. The lowest BCUT2D eigenvalue weighted by Crippen LogP contribution is -2.28. The smallest absolute Gasteiger partial charge is 0.340 e. The SMILES string of the molecule is COC(=O)c1cn(C(=O)C(C)Oc2ccc(Cl)cc2Cl)c2ccccc12. The number of fused-ring (bicyclic) bond motifs is 1. The Balaban J connectivity index is 1.95. The van der Waals surface area contributed by atoms with Crippen molar-refractivity contribution in [1.82, 2.24) is 4.57 Å². The van der Waals surface area contributed by atoms with Gasteiger partial charge in [-0.2, -0.15) is 0 Å². The Bertz CT molecular complexity index is 996. The molecule has 3 rings (SSSR count). The first-order chi connectivity index (χ1) is 12.4. The third-order valence-corrected chi connectivity index (χ3v) is 4.43. The number of carbonyl (C=O) groups excluding carboxylic acids is 2. The van der Waals surface area contributed by atoms with Gasteiger partial charge in [-0.1, -0.05) is 41.4 Å². The minimum Gasteiger partial charge on any atom is -0.479 e. The van der Waals surface area contributed by atoms with Crippen molar-refractivity contribution < 1.29 is 19.1 Å². The van der Waals surface area contributed by atoms with Crippen molar-refractivity contribution in [1.29, 1.82) is 0 Å². The van der Waals surface area contributed by atoms with Crippen molar-refractivity contribution in [2.75, 3.05) is 7.11 Å². The average Bonchev–Trinajstić information content (AvgIpc) is 3.02. The van der Waals surface area contributed by atoms with Gasteiger partial charge in [0.1, 0.15) is 5.75 Å². The van der Waals surface area contributed by atoms with Gasteiger partial charge >= 0.3 is 5.97 Å². The normalized spacial score (nSPS) is 12.0. The van der Waals surface area contributed by atoms with E-state index in [1.165, 1.54) is 23.9 Å². The van der Waals surface area contributed by atoms with Crippen LogP contribution in [0, 0.1) is 0 Å². The molecule has 0 aliphatic rings.